The Kier molecular flexibility index (Phi) is 3.75. The first-order chi connectivity index (χ1) is 12.6. The summed E-state index contributed by atoms with van der Waals surface area (Å²) in [7, 11) is 0. The minimum atomic E-state index is -0.545. The SMILES string of the molecule is N#CC1=C(N)OC(c2c(O)ccc3ccc(=O)oc23)=C[C@@H]1c1cccs1. The van der Waals surface area contributed by atoms with Crippen molar-refractivity contribution in [1.82, 2.24) is 0 Å². The van der Waals surface area contributed by atoms with Crippen LogP contribution in [0, 0.1) is 11.3 Å². The molecule has 128 valence electrons. The number of rotatable bonds is 2. The summed E-state index contributed by atoms with van der Waals surface area (Å²) < 4.78 is 10.9. The molecule has 0 bridgehead atoms. The van der Waals surface area contributed by atoms with Gasteiger partial charge in [-0.2, -0.15) is 5.26 Å². The summed E-state index contributed by atoms with van der Waals surface area (Å²) in [6.07, 6.45) is 1.70. The van der Waals surface area contributed by atoms with Gasteiger partial charge in [-0.25, -0.2) is 4.79 Å². The maximum absolute atomic E-state index is 11.7. The Morgan fingerprint density at radius 3 is 2.77 bits per heavy atom. The maximum atomic E-state index is 11.7. The normalized spacial score (nSPS) is 16.9. The number of fused-ring (bicyclic) bond motifs is 1. The Balaban J connectivity index is 1.96. The van der Waals surface area contributed by atoms with Crippen LogP contribution in [0.3, 0.4) is 0 Å². The Labute approximate surface area is 151 Å². The number of ether oxygens (including phenoxy) is 1. The summed E-state index contributed by atoms with van der Waals surface area (Å²) in [6, 6.07) is 11.9. The topological polar surface area (TPSA) is 109 Å². The van der Waals surface area contributed by atoms with Crippen molar-refractivity contribution in [2.24, 2.45) is 5.73 Å². The number of phenols is 1. The largest absolute Gasteiger partial charge is 0.507 e. The highest BCUT2D eigenvalue weighted by atomic mass is 32.1. The van der Waals surface area contributed by atoms with Crippen molar-refractivity contribution in [2.75, 3.05) is 0 Å². The molecule has 1 aliphatic rings. The molecule has 0 amide bonds. The summed E-state index contributed by atoms with van der Waals surface area (Å²) >= 11 is 1.48. The van der Waals surface area contributed by atoms with Gasteiger partial charge < -0.3 is 20.0 Å². The average molecular weight is 364 g/mol. The van der Waals surface area contributed by atoms with E-state index in [4.69, 9.17) is 14.9 Å². The van der Waals surface area contributed by atoms with E-state index in [1.807, 2.05) is 17.5 Å². The van der Waals surface area contributed by atoms with Gasteiger partial charge in [0.15, 0.2) is 5.58 Å². The van der Waals surface area contributed by atoms with E-state index in [1.54, 1.807) is 18.2 Å². The number of allylic oxidation sites excluding steroid dienone is 2. The second-order valence-corrected chi connectivity index (χ2v) is 6.63. The van der Waals surface area contributed by atoms with Crippen molar-refractivity contribution in [3.05, 3.63) is 80.2 Å². The van der Waals surface area contributed by atoms with Gasteiger partial charge in [-0.1, -0.05) is 6.07 Å². The fourth-order valence-corrected chi connectivity index (χ4v) is 3.71. The standard InChI is InChI=1S/C19H12N2O4S/c20-9-12-11(15-2-1-7-26-15)8-14(24-19(12)21)17-13(22)5-3-10-4-6-16(23)25-18(10)17/h1-8,11,22H,21H2/t11-/m0/s1. The molecule has 3 aromatic rings. The van der Waals surface area contributed by atoms with E-state index in [-0.39, 0.29) is 34.1 Å². The molecule has 3 N–H and O–H groups in total. The molecule has 0 saturated carbocycles. The molecule has 7 heteroatoms. The van der Waals surface area contributed by atoms with Crippen LogP contribution in [0.2, 0.25) is 0 Å². The lowest BCUT2D eigenvalue weighted by molar-refractivity contribution is 0.356. The lowest BCUT2D eigenvalue weighted by Crippen LogP contribution is -2.15. The van der Waals surface area contributed by atoms with Crippen LogP contribution in [0.5, 0.6) is 5.75 Å². The van der Waals surface area contributed by atoms with Crippen LogP contribution in [0.1, 0.15) is 16.4 Å². The molecule has 0 unspecified atom stereocenters. The molecule has 0 fully saturated rings. The van der Waals surface area contributed by atoms with Crippen LogP contribution < -0.4 is 11.4 Å². The molecule has 26 heavy (non-hydrogen) atoms. The summed E-state index contributed by atoms with van der Waals surface area (Å²) in [5.41, 5.74) is 6.13. The van der Waals surface area contributed by atoms with Crippen molar-refractivity contribution in [1.29, 1.82) is 5.26 Å². The van der Waals surface area contributed by atoms with Crippen LogP contribution in [0.25, 0.3) is 16.7 Å². The number of thiophene rings is 1. The Bertz CT molecular complexity index is 1170. The van der Waals surface area contributed by atoms with Crippen molar-refractivity contribution < 1.29 is 14.3 Å². The Morgan fingerprint density at radius 1 is 1.23 bits per heavy atom. The fraction of sp³-hybridized carbons (Fsp3) is 0.0526. The molecule has 0 aliphatic carbocycles. The number of nitrogens with zero attached hydrogens (tertiary/aromatic N) is 1. The predicted molar refractivity (Wildman–Crippen MR) is 97.1 cm³/mol. The number of hydrogen-bond donors (Lipinski definition) is 2. The second-order valence-electron chi connectivity index (χ2n) is 5.65. The highest BCUT2D eigenvalue weighted by Gasteiger charge is 2.29. The van der Waals surface area contributed by atoms with Crippen LogP contribution in [0.4, 0.5) is 0 Å². The third-order valence-electron chi connectivity index (χ3n) is 4.10. The Morgan fingerprint density at radius 2 is 2.04 bits per heavy atom. The first kappa shape index (κ1) is 16.0. The highest BCUT2D eigenvalue weighted by Crippen LogP contribution is 2.41. The van der Waals surface area contributed by atoms with Crippen LogP contribution in [-0.2, 0) is 4.74 Å². The van der Waals surface area contributed by atoms with E-state index in [9.17, 15) is 15.2 Å². The Hall–Kier alpha value is -3.50. The van der Waals surface area contributed by atoms with Gasteiger partial charge in [0.1, 0.15) is 28.7 Å². The molecular formula is C19H12N2O4S. The number of phenolic OH excluding ortho intramolecular Hbond substituents is 1. The van der Waals surface area contributed by atoms with Crippen molar-refractivity contribution in [3.63, 3.8) is 0 Å². The summed E-state index contributed by atoms with van der Waals surface area (Å²) in [5, 5.41) is 22.4. The third kappa shape index (κ3) is 2.53. The van der Waals surface area contributed by atoms with Gasteiger partial charge in [-0.05, 0) is 35.7 Å². The van der Waals surface area contributed by atoms with E-state index in [0.29, 0.717) is 5.39 Å². The van der Waals surface area contributed by atoms with Crippen LogP contribution in [-0.4, -0.2) is 5.11 Å². The van der Waals surface area contributed by atoms with E-state index in [1.165, 1.54) is 23.5 Å². The monoisotopic (exact) mass is 364 g/mol. The van der Waals surface area contributed by atoms with Gasteiger partial charge >= 0.3 is 5.63 Å². The molecule has 3 heterocycles. The number of hydrogen-bond acceptors (Lipinski definition) is 7. The summed E-state index contributed by atoms with van der Waals surface area (Å²) in [4.78, 5) is 12.6. The lowest BCUT2D eigenvalue weighted by atomic mass is 9.94. The van der Waals surface area contributed by atoms with Gasteiger partial charge in [-0.15, -0.1) is 11.3 Å². The smallest absolute Gasteiger partial charge is 0.336 e. The minimum Gasteiger partial charge on any atom is -0.507 e. The number of aromatic hydroxyl groups is 1. The molecule has 4 rings (SSSR count). The first-order valence-electron chi connectivity index (χ1n) is 7.67. The fourth-order valence-electron chi connectivity index (χ4n) is 2.91. The quantitative estimate of drug-likeness (QED) is 0.674. The second kappa shape index (κ2) is 6.10. The predicted octanol–water partition coefficient (Wildman–Crippen LogP) is 3.41. The van der Waals surface area contributed by atoms with Crippen LogP contribution >= 0.6 is 11.3 Å². The van der Waals surface area contributed by atoms with Gasteiger partial charge in [0.25, 0.3) is 0 Å². The van der Waals surface area contributed by atoms with Gasteiger partial charge in [0.05, 0.1) is 5.92 Å². The molecule has 1 aliphatic heterocycles. The van der Waals surface area contributed by atoms with E-state index >= 15 is 0 Å². The summed E-state index contributed by atoms with van der Waals surface area (Å²) in [5.74, 6) is -0.333. The van der Waals surface area contributed by atoms with Gasteiger partial charge in [-0.3, -0.25) is 0 Å². The van der Waals surface area contributed by atoms with Crippen molar-refractivity contribution in [3.8, 4) is 11.8 Å². The maximum Gasteiger partial charge on any atom is 0.336 e. The zero-order valence-electron chi connectivity index (χ0n) is 13.3. The van der Waals surface area contributed by atoms with Crippen molar-refractivity contribution in [2.45, 2.75) is 5.92 Å². The summed E-state index contributed by atoms with van der Waals surface area (Å²) in [6.45, 7) is 0. The zero-order valence-corrected chi connectivity index (χ0v) is 14.1. The molecular weight excluding hydrogens is 352 g/mol. The molecule has 0 radical (unpaired) electrons. The number of nitriles is 1. The number of nitrogens with two attached hydrogens (primary N) is 1. The zero-order chi connectivity index (χ0) is 18.3. The molecule has 1 aromatic carbocycles. The average Bonchev–Trinajstić information content (AvgIpc) is 3.15. The van der Waals surface area contributed by atoms with Crippen LogP contribution in [0.15, 0.2) is 68.5 Å². The molecule has 1 atom stereocenters. The first-order valence-corrected chi connectivity index (χ1v) is 8.55. The van der Waals surface area contributed by atoms with E-state index in [2.05, 4.69) is 6.07 Å². The third-order valence-corrected chi connectivity index (χ3v) is 5.05. The highest BCUT2D eigenvalue weighted by molar-refractivity contribution is 7.10. The van der Waals surface area contributed by atoms with Gasteiger partial charge in [0, 0.05) is 16.3 Å². The van der Waals surface area contributed by atoms with E-state index < -0.39 is 11.5 Å². The lowest BCUT2D eigenvalue weighted by Gasteiger charge is -2.22. The minimum absolute atomic E-state index is 0.0434. The molecule has 0 spiro atoms. The number of benzene rings is 1. The molecule has 2 aromatic heterocycles. The van der Waals surface area contributed by atoms with Crippen molar-refractivity contribution >= 4 is 28.1 Å². The molecule has 6 nitrogen and oxygen atoms in total. The van der Waals surface area contributed by atoms with Gasteiger partial charge in [0.2, 0.25) is 5.88 Å². The molecule has 0 saturated heterocycles. The van der Waals surface area contributed by atoms with E-state index in [0.717, 1.165) is 4.88 Å².